The highest BCUT2D eigenvalue weighted by molar-refractivity contribution is 7.11. The summed E-state index contributed by atoms with van der Waals surface area (Å²) >= 11 is 1.82. The zero-order chi connectivity index (χ0) is 10.3. The van der Waals surface area contributed by atoms with Crippen LogP contribution < -0.4 is 5.32 Å². The molecule has 1 aliphatic rings. The third-order valence-electron chi connectivity index (χ3n) is 3.25. The number of rotatable bonds is 3. The molecular weight excluding hydrogens is 192 g/mol. The van der Waals surface area contributed by atoms with Crippen molar-refractivity contribution in [2.45, 2.75) is 33.2 Å². The first-order valence-corrected chi connectivity index (χ1v) is 5.96. The van der Waals surface area contributed by atoms with Crippen LogP contribution in [0.5, 0.6) is 0 Å². The van der Waals surface area contributed by atoms with Gasteiger partial charge in [0.15, 0.2) is 0 Å². The Kier molecular flexibility index (Phi) is 2.40. The average molecular weight is 210 g/mol. The maximum atomic E-state index is 4.32. The summed E-state index contributed by atoms with van der Waals surface area (Å²) in [6.45, 7) is 6.75. The molecule has 78 valence electrons. The first-order valence-electron chi connectivity index (χ1n) is 5.14. The van der Waals surface area contributed by atoms with Crippen LogP contribution in [-0.4, -0.2) is 12.0 Å². The molecule has 1 N–H and O–H groups in total. The molecule has 14 heavy (non-hydrogen) atoms. The standard InChI is InChI=1S/C11H18N2S/c1-7-13-6-9(14-7)10(12-4)8-5-11(8,2)3/h6,8,10,12H,5H2,1-4H3. The molecule has 0 bridgehead atoms. The van der Waals surface area contributed by atoms with Crippen molar-refractivity contribution in [3.05, 3.63) is 16.1 Å². The first-order chi connectivity index (χ1) is 6.54. The van der Waals surface area contributed by atoms with Gasteiger partial charge in [0.05, 0.1) is 5.01 Å². The Morgan fingerprint density at radius 2 is 2.29 bits per heavy atom. The van der Waals surface area contributed by atoms with Crippen molar-refractivity contribution in [3.63, 3.8) is 0 Å². The van der Waals surface area contributed by atoms with E-state index in [0.717, 1.165) is 5.92 Å². The van der Waals surface area contributed by atoms with E-state index < -0.39 is 0 Å². The third-order valence-corrected chi connectivity index (χ3v) is 4.24. The van der Waals surface area contributed by atoms with E-state index >= 15 is 0 Å². The van der Waals surface area contributed by atoms with Crippen LogP contribution in [0.3, 0.4) is 0 Å². The summed E-state index contributed by atoms with van der Waals surface area (Å²) in [5, 5.41) is 4.59. The predicted octanol–water partition coefficient (Wildman–Crippen LogP) is 2.76. The maximum Gasteiger partial charge on any atom is 0.0897 e. The van der Waals surface area contributed by atoms with Crippen LogP contribution in [0.2, 0.25) is 0 Å². The van der Waals surface area contributed by atoms with E-state index in [1.54, 1.807) is 0 Å². The fourth-order valence-corrected chi connectivity index (χ4v) is 3.10. The van der Waals surface area contributed by atoms with E-state index in [4.69, 9.17) is 0 Å². The van der Waals surface area contributed by atoms with Gasteiger partial charge < -0.3 is 5.32 Å². The Labute approximate surface area is 89.8 Å². The van der Waals surface area contributed by atoms with Crippen LogP contribution in [0, 0.1) is 18.3 Å². The summed E-state index contributed by atoms with van der Waals surface area (Å²) in [6.07, 6.45) is 3.35. The van der Waals surface area contributed by atoms with E-state index in [9.17, 15) is 0 Å². The van der Waals surface area contributed by atoms with Crippen LogP contribution in [0.15, 0.2) is 6.20 Å². The van der Waals surface area contributed by atoms with Gasteiger partial charge in [-0.15, -0.1) is 11.3 Å². The molecule has 3 heteroatoms. The highest BCUT2D eigenvalue weighted by Crippen LogP contribution is 2.58. The normalized spacial score (nSPS) is 26.1. The molecule has 1 aliphatic carbocycles. The zero-order valence-electron chi connectivity index (χ0n) is 9.29. The number of nitrogens with zero attached hydrogens (tertiary/aromatic N) is 1. The van der Waals surface area contributed by atoms with E-state index in [1.165, 1.54) is 16.3 Å². The number of hydrogen-bond acceptors (Lipinski definition) is 3. The van der Waals surface area contributed by atoms with Crippen LogP contribution in [-0.2, 0) is 0 Å². The van der Waals surface area contributed by atoms with Gasteiger partial charge >= 0.3 is 0 Å². The third kappa shape index (κ3) is 1.71. The van der Waals surface area contributed by atoms with Gasteiger partial charge in [0, 0.05) is 17.1 Å². The summed E-state index contributed by atoms with van der Waals surface area (Å²) in [7, 11) is 2.05. The Balaban J connectivity index is 2.15. The van der Waals surface area contributed by atoms with Crippen molar-refractivity contribution in [3.8, 4) is 0 Å². The van der Waals surface area contributed by atoms with E-state index in [0.29, 0.717) is 11.5 Å². The lowest BCUT2D eigenvalue weighted by Gasteiger charge is -2.15. The summed E-state index contributed by atoms with van der Waals surface area (Å²) in [5.41, 5.74) is 0.519. The van der Waals surface area contributed by atoms with Crippen LogP contribution in [0.4, 0.5) is 0 Å². The molecular formula is C11H18N2S. The van der Waals surface area contributed by atoms with Gasteiger partial charge in [-0.3, -0.25) is 0 Å². The van der Waals surface area contributed by atoms with E-state index in [-0.39, 0.29) is 0 Å². The number of nitrogens with one attached hydrogen (secondary N) is 1. The fraction of sp³-hybridized carbons (Fsp3) is 0.727. The highest BCUT2D eigenvalue weighted by Gasteiger charge is 2.50. The second-order valence-corrected chi connectivity index (χ2v) is 6.11. The Hall–Kier alpha value is -0.410. The van der Waals surface area contributed by atoms with E-state index in [1.807, 2.05) is 24.6 Å². The topological polar surface area (TPSA) is 24.9 Å². The average Bonchev–Trinajstić information content (AvgIpc) is 2.56. The van der Waals surface area contributed by atoms with Crippen LogP contribution in [0.1, 0.15) is 36.2 Å². The summed E-state index contributed by atoms with van der Waals surface area (Å²) in [4.78, 5) is 5.71. The molecule has 0 saturated heterocycles. The van der Waals surface area contributed by atoms with Crippen molar-refractivity contribution in [2.75, 3.05) is 7.05 Å². The lowest BCUT2D eigenvalue weighted by molar-refractivity contribution is 0.445. The van der Waals surface area contributed by atoms with Crippen molar-refractivity contribution >= 4 is 11.3 Å². The van der Waals surface area contributed by atoms with Gasteiger partial charge in [-0.2, -0.15) is 0 Å². The second-order valence-electron chi connectivity index (χ2n) is 4.85. The SMILES string of the molecule is CNC(c1cnc(C)s1)C1CC1(C)C. The van der Waals surface area contributed by atoms with E-state index in [2.05, 4.69) is 31.1 Å². The molecule has 0 aliphatic heterocycles. The quantitative estimate of drug-likeness (QED) is 0.830. The van der Waals surface area contributed by atoms with Gasteiger partial charge in [-0.1, -0.05) is 13.8 Å². The van der Waals surface area contributed by atoms with Gasteiger partial charge in [-0.05, 0) is 31.7 Å². The molecule has 1 aromatic heterocycles. The Morgan fingerprint density at radius 1 is 1.64 bits per heavy atom. The van der Waals surface area contributed by atoms with Crippen molar-refractivity contribution in [1.29, 1.82) is 0 Å². The zero-order valence-corrected chi connectivity index (χ0v) is 10.1. The van der Waals surface area contributed by atoms with Gasteiger partial charge in [0.2, 0.25) is 0 Å². The molecule has 1 saturated carbocycles. The molecule has 2 nitrogen and oxygen atoms in total. The lowest BCUT2D eigenvalue weighted by Crippen LogP contribution is -2.19. The highest BCUT2D eigenvalue weighted by atomic mass is 32.1. The minimum Gasteiger partial charge on any atom is -0.312 e. The van der Waals surface area contributed by atoms with Crippen LogP contribution >= 0.6 is 11.3 Å². The number of thiazole rings is 1. The van der Waals surface area contributed by atoms with Crippen molar-refractivity contribution in [2.24, 2.45) is 11.3 Å². The number of aryl methyl sites for hydroxylation is 1. The maximum absolute atomic E-state index is 4.32. The molecule has 2 atom stereocenters. The molecule has 0 spiro atoms. The predicted molar refractivity (Wildman–Crippen MR) is 60.5 cm³/mol. The Morgan fingerprint density at radius 3 is 2.64 bits per heavy atom. The molecule has 1 aromatic rings. The fourth-order valence-electron chi connectivity index (χ4n) is 2.14. The Bertz CT molecular complexity index is 330. The largest absolute Gasteiger partial charge is 0.312 e. The molecule has 0 radical (unpaired) electrons. The number of aromatic nitrogens is 1. The molecule has 0 aromatic carbocycles. The van der Waals surface area contributed by atoms with Gasteiger partial charge in [0.25, 0.3) is 0 Å². The minimum absolute atomic E-state index is 0.510. The summed E-state index contributed by atoms with van der Waals surface area (Å²) in [5.74, 6) is 0.785. The molecule has 0 amide bonds. The molecule has 2 unspecified atom stereocenters. The molecule has 1 fully saturated rings. The first kappa shape index (κ1) is 10.1. The van der Waals surface area contributed by atoms with Gasteiger partial charge in [0.1, 0.15) is 0 Å². The summed E-state index contributed by atoms with van der Waals surface area (Å²) in [6, 6.07) is 0.510. The lowest BCUT2D eigenvalue weighted by atomic mass is 10.0. The van der Waals surface area contributed by atoms with Crippen molar-refractivity contribution < 1.29 is 0 Å². The smallest absolute Gasteiger partial charge is 0.0897 e. The monoisotopic (exact) mass is 210 g/mol. The molecule has 1 heterocycles. The molecule has 2 rings (SSSR count). The minimum atomic E-state index is 0.510. The summed E-state index contributed by atoms with van der Waals surface area (Å²) < 4.78 is 0. The van der Waals surface area contributed by atoms with Gasteiger partial charge in [-0.25, -0.2) is 4.98 Å². The van der Waals surface area contributed by atoms with Crippen molar-refractivity contribution in [1.82, 2.24) is 10.3 Å². The second kappa shape index (κ2) is 3.31. The number of hydrogen-bond donors (Lipinski definition) is 1. The van der Waals surface area contributed by atoms with Crippen LogP contribution in [0.25, 0.3) is 0 Å².